The number of halogens is 1. The van der Waals surface area contributed by atoms with Gasteiger partial charge in [0.1, 0.15) is 0 Å². The Labute approximate surface area is 121 Å². The van der Waals surface area contributed by atoms with Gasteiger partial charge in [-0.1, -0.05) is 23.8 Å². The van der Waals surface area contributed by atoms with E-state index in [4.69, 9.17) is 0 Å². The van der Waals surface area contributed by atoms with E-state index < -0.39 is 0 Å². The van der Waals surface area contributed by atoms with Crippen molar-refractivity contribution in [1.82, 2.24) is 10.2 Å². The minimum Gasteiger partial charge on any atom is -0.341 e. The molecule has 106 valence electrons. The molecule has 2 rings (SSSR count). The molecular weight excluding hydrogens is 260 g/mol. The Balaban J connectivity index is 0.00000180. The van der Waals surface area contributed by atoms with Crippen molar-refractivity contribution in [1.29, 1.82) is 0 Å². The van der Waals surface area contributed by atoms with Crippen molar-refractivity contribution in [3.63, 3.8) is 0 Å². The fourth-order valence-corrected chi connectivity index (χ4v) is 2.36. The lowest BCUT2D eigenvalue weighted by molar-refractivity contribution is -0.130. The first-order chi connectivity index (χ1) is 8.66. The van der Waals surface area contributed by atoms with Crippen LogP contribution < -0.4 is 5.32 Å². The van der Waals surface area contributed by atoms with Gasteiger partial charge in [0, 0.05) is 19.6 Å². The summed E-state index contributed by atoms with van der Waals surface area (Å²) in [5.74, 6) is 0.257. The molecule has 1 heterocycles. The van der Waals surface area contributed by atoms with Crippen LogP contribution in [0.2, 0.25) is 0 Å². The van der Waals surface area contributed by atoms with Crippen LogP contribution in [0.25, 0.3) is 0 Å². The van der Waals surface area contributed by atoms with Crippen LogP contribution in [-0.2, 0) is 11.2 Å². The SMILES string of the molecule is Cc1ccc(C)c(CC(=O)N2CCCNCC2)c1.Cl. The van der Waals surface area contributed by atoms with E-state index in [0.717, 1.165) is 38.2 Å². The van der Waals surface area contributed by atoms with Gasteiger partial charge in [0.05, 0.1) is 6.42 Å². The van der Waals surface area contributed by atoms with Gasteiger partial charge < -0.3 is 10.2 Å². The maximum atomic E-state index is 12.3. The molecule has 0 saturated carbocycles. The molecule has 1 aliphatic heterocycles. The Bertz CT molecular complexity index is 426. The van der Waals surface area contributed by atoms with E-state index in [9.17, 15) is 4.79 Å². The second-order valence-electron chi connectivity index (χ2n) is 5.09. The molecule has 1 aromatic rings. The van der Waals surface area contributed by atoms with Gasteiger partial charge in [-0.25, -0.2) is 0 Å². The zero-order chi connectivity index (χ0) is 13.0. The number of carbonyl (C=O) groups is 1. The molecule has 1 amide bonds. The van der Waals surface area contributed by atoms with Crippen molar-refractivity contribution in [2.75, 3.05) is 26.2 Å². The zero-order valence-corrected chi connectivity index (χ0v) is 12.6. The Hall–Kier alpha value is -1.06. The predicted molar refractivity (Wildman–Crippen MR) is 80.9 cm³/mol. The summed E-state index contributed by atoms with van der Waals surface area (Å²) >= 11 is 0. The van der Waals surface area contributed by atoms with Gasteiger partial charge in [0.15, 0.2) is 0 Å². The van der Waals surface area contributed by atoms with E-state index in [-0.39, 0.29) is 18.3 Å². The summed E-state index contributed by atoms with van der Waals surface area (Å²) in [5.41, 5.74) is 3.60. The number of amides is 1. The number of carbonyl (C=O) groups excluding carboxylic acids is 1. The van der Waals surface area contributed by atoms with Crippen LogP contribution in [0, 0.1) is 13.8 Å². The molecule has 19 heavy (non-hydrogen) atoms. The summed E-state index contributed by atoms with van der Waals surface area (Å²) in [7, 11) is 0. The molecule has 4 heteroatoms. The molecule has 1 N–H and O–H groups in total. The number of hydrogen-bond donors (Lipinski definition) is 1. The third-order valence-electron chi connectivity index (χ3n) is 3.54. The van der Waals surface area contributed by atoms with Gasteiger partial charge in [0.25, 0.3) is 0 Å². The van der Waals surface area contributed by atoms with E-state index in [1.54, 1.807) is 0 Å². The number of benzene rings is 1. The molecular formula is C15H23ClN2O. The van der Waals surface area contributed by atoms with E-state index >= 15 is 0 Å². The molecule has 3 nitrogen and oxygen atoms in total. The standard InChI is InChI=1S/C15H22N2O.ClH/c1-12-4-5-13(2)14(10-12)11-15(18)17-8-3-6-16-7-9-17;/h4-5,10,16H,3,6-9,11H2,1-2H3;1H. The first-order valence-electron chi connectivity index (χ1n) is 6.71. The van der Waals surface area contributed by atoms with Crippen LogP contribution in [0.1, 0.15) is 23.1 Å². The highest BCUT2D eigenvalue weighted by atomic mass is 35.5. The number of rotatable bonds is 2. The number of hydrogen-bond acceptors (Lipinski definition) is 2. The highest BCUT2D eigenvalue weighted by Gasteiger charge is 2.16. The topological polar surface area (TPSA) is 32.3 Å². The summed E-state index contributed by atoms with van der Waals surface area (Å²) in [6, 6.07) is 6.32. The molecule has 1 aromatic carbocycles. The van der Waals surface area contributed by atoms with Crippen LogP contribution >= 0.6 is 12.4 Å². The van der Waals surface area contributed by atoms with Gasteiger partial charge in [-0.3, -0.25) is 4.79 Å². The van der Waals surface area contributed by atoms with Crippen LogP contribution in [0.4, 0.5) is 0 Å². The Morgan fingerprint density at radius 2 is 2.05 bits per heavy atom. The van der Waals surface area contributed by atoms with Crippen LogP contribution in [0.3, 0.4) is 0 Å². The van der Waals surface area contributed by atoms with Crippen LogP contribution in [-0.4, -0.2) is 37.0 Å². The lowest BCUT2D eigenvalue weighted by atomic mass is 10.0. The van der Waals surface area contributed by atoms with Gasteiger partial charge >= 0.3 is 0 Å². The zero-order valence-electron chi connectivity index (χ0n) is 11.7. The normalized spacial score (nSPS) is 15.6. The van der Waals surface area contributed by atoms with E-state index in [0.29, 0.717) is 6.42 Å². The third kappa shape index (κ3) is 4.51. The monoisotopic (exact) mass is 282 g/mol. The predicted octanol–water partition coefficient (Wildman–Crippen LogP) is 2.09. The minimum atomic E-state index is 0. The highest BCUT2D eigenvalue weighted by molar-refractivity contribution is 5.85. The van der Waals surface area contributed by atoms with Gasteiger partial charge in [-0.05, 0) is 37.9 Å². The molecule has 0 aliphatic carbocycles. The maximum Gasteiger partial charge on any atom is 0.227 e. The lowest BCUT2D eigenvalue weighted by Gasteiger charge is -2.20. The summed E-state index contributed by atoms with van der Waals surface area (Å²) in [6.07, 6.45) is 1.59. The smallest absolute Gasteiger partial charge is 0.227 e. The van der Waals surface area contributed by atoms with Crippen molar-refractivity contribution >= 4 is 18.3 Å². The van der Waals surface area contributed by atoms with Gasteiger partial charge in [-0.2, -0.15) is 0 Å². The Kier molecular flexibility index (Phi) is 6.32. The lowest BCUT2D eigenvalue weighted by Crippen LogP contribution is -2.35. The molecule has 0 atom stereocenters. The second kappa shape index (κ2) is 7.51. The average Bonchev–Trinajstić information content (AvgIpc) is 2.62. The van der Waals surface area contributed by atoms with Crippen molar-refractivity contribution < 1.29 is 4.79 Å². The molecule has 1 aliphatic rings. The number of aryl methyl sites for hydroxylation is 2. The molecule has 0 spiro atoms. The summed E-state index contributed by atoms with van der Waals surface area (Å²) in [6.45, 7) is 7.81. The van der Waals surface area contributed by atoms with Crippen molar-refractivity contribution in [2.45, 2.75) is 26.7 Å². The Morgan fingerprint density at radius 3 is 2.84 bits per heavy atom. The second-order valence-corrected chi connectivity index (χ2v) is 5.09. The average molecular weight is 283 g/mol. The maximum absolute atomic E-state index is 12.3. The van der Waals surface area contributed by atoms with Crippen LogP contribution in [0.5, 0.6) is 0 Å². The number of nitrogens with zero attached hydrogens (tertiary/aromatic N) is 1. The largest absolute Gasteiger partial charge is 0.341 e. The third-order valence-corrected chi connectivity index (χ3v) is 3.54. The quantitative estimate of drug-likeness (QED) is 0.901. The van der Waals surface area contributed by atoms with E-state index in [1.807, 2.05) is 4.90 Å². The fraction of sp³-hybridized carbons (Fsp3) is 0.533. The molecule has 1 fully saturated rings. The first kappa shape index (κ1) is 16.0. The number of nitrogens with one attached hydrogen (secondary N) is 1. The molecule has 1 saturated heterocycles. The van der Waals surface area contributed by atoms with Crippen molar-refractivity contribution in [2.24, 2.45) is 0 Å². The van der Waals surface area contributed by atoms with Crippen LogP contribution in [0.15, 0.2) is 18.2 Å². The summed E-state index contributed by atoms with van der Waals surface area (Å²) in [4.78, 5) is 14.3. The van der Waals surface area contributed by atoms with Gasteiger partial charge in [0.2, 0.25) is 5.91 Å². The minimum absolute atomic E-state index is 0. The fourth-order valence-electron chi connectivity index (χ4n) is 2.36. The molecule has 0 unspecified atom stereocenters. The van der Waals surface area contributed by atoms with Crippen molar-refractivity contribution in [3.05, 3.63) is 34.9 Å². The van der Waals surface area contributed by atoms with E-state index in [2.05, 4.69) is 37.4 Å². The summed E-state index contributed by atoms with van der Waals surface area (Å²) < 4.78 is 0. The van der Waals surface area contributed by atoms with E-state index in [1.165, 1.54) is 11.1 Å². The summed E-state index contributed by atoms with van der Waals surface area (Å²) in [5, 5.41) is 3.32. The van der Waals surface area contributed by atoms with Crippen molar-refractivity contribution in [3.8, 4) is 0 Å². The molecule has 0 aromatic heterocycles. The Morgan fingerprint density at radius 1 is 1.26 bits per heavy atom. The molecule has 0 bridgehead atoms. The molecule has 0 radical (unpaired) electrons. The van der Waals surface area contributed by atoms with Gasteiger partial charge in [-0.15, -0.1) is 12.4 Å². The highest BCUT2D eigenvalue weighted by Crippen LogP contribution is 2.13. The first-order valence-corrected chi connectivity index (χ1v) is 6.71.